The van der Waals surface area contributed by atoms with E-state index in [4.69, 9.17) is 32.4 Å². The number of amides is 1. The Morgan fingerprint density at radius 2 is 1.73 bits per heavy atom. The van der Waals surface area contributed by atoms with Crippen LogP contribution in [0.25, 0.3) is 0 Å². The zero-order valence-electron chi connectivity index (χ0n) is 17.0. The standard InChI is InChI=1S/C16H33N5O5.4ClH/c1-7(18)11-4-3-8(19)16(25-11)26-15-9(20)5-10(22)13(14(15)24)21(2)12(23)6-17;;;;/h7-11,13-16,22,24H,3-6,17-20H2,1-2H3;4*1H. The van der Waals surface area contributed by atoms with Crippen LogP contribution in [0.1, 0.15) is 26.2 Å². The maximum atomic E-state index is 11.9. The van der Waals surface area contributed by atoms with Crippen LogP contribution in [-0.2, 0) is 14.3 Å². The average molecular weight is 521 g/mol. The Kier molecular flexibility index (Phi) is 17.7. The van der Waals surface area contributed by atoms with Gasteiger partial charge in [0.2, 0.25) is 5.91 Å². The van der Waals surface area contributed by atoms with E-state index in [-0.39, 0.29) is 80.8 Å². The van der Waals surface area contributed by atoms with Crippen LogP contribution in [0.4, 0.5) is 0 Å². The van der Waals surface area contributed by atoms with Gasteiger partial charge < -0.3 is 47.5 Å². The van der Waals surface area contributed by atoms with Crippen LogP contribution in [0.5, 0.6) is 0 Å². The molecule has 10 N–H and O–H groups in total. The summed E-state index contributed by atoms with van der Waals surface area (Å²) in [6.07, 6.45) is -2.44. The van der Waals surface area contributed by atoms with E-state index >= 15 is 0 Å². The molecule has 1 saturated heterocycles. The summed E-state index contributed by atoms with van der Waals surface area (Å²) in [4.78, 5) is 13.1. The number of rotatable bonds is 5. The van der Waals surface area contributed by atoms with Gasteiger partial charge in [-0.1, -0.05) is 0 Å². The van der Waals surface area contributed by atoms with Crippen LogP contribution in [0, 0.1) is 0 Å². The minimum Gasteiger partial charge on any atom is -0.391 e. The van der Waals surface area contributed by atoms with Crippen molar-refractivity contribution in [3.05, 3.63) is 0 Å². The van der Waals surface area contributed by atoms with Gasteiger partial charge in [-0.2, -0.15) is 0 Å². The number of aliphatic hydroxyl groups excluding tert-OH is 2. The Balaban J connectivity index is -0.00000182. The van der Waals surface area contributed by atoms with Crippen molar-refractivity contribution in [2.45, 2.75) is 81.1 Å². The second-order valence-electron chi connectivity index (χ2n) is 7.40. The Hall–Kier alpha value is 0.310. The first-order valence-corrected chi connectivity index (χ1v) is 9.06. The van der Waals surface area contributed by atoms with Gasteiger partial charge in [-0.15, -0.1) is 49.6 Å². The summed E-state index contributed by atoms with van der Waals surface area (Å²) in [5.74, 6) is -0.398. The van der Waals surface area contributed by atoms with Crippen LogP contribution >= 0.6 is 49.6 Å². The van der Waals surface area contributed by atoms with Crippen molar-refractivity contribution in [1.29, 1.82) is 0 Å². The molecule has 1 aliphatic carbocycles. The number of halogens is 4. The molecule has 0 spiro atoms. The lowest BCUT2D eigenvalue weighted by Crippen LogP contribution is -2.66. The number of nitrogens with zero attached hydrogens (tertiary/aromatic N) is 1. The van der Waals surface area contributed by atoms with Crippen LogP contribution in [-0.4, -0.2) is 89.5 Å². The number of carbonyl (C=O) groups is 1. The van der Waals surface area contributed by atoms with E-state index in [1.807, 2.05) is 6.92 Å². The molecule has 184 valence electrons. The van der Waals surface area contributed by atoms with Crippen molar-refractivity contribution in [1.82, 2.24) is 4.90 Å². The second-order valence-corrected chi connectivity index (χ2v) is 7.40. The Morgan fingerprint density at radius 1 is 1.17 bits per heavy atom. The van der Waals surface area contributed by atoms with E-state index in [9.17, 15) is 15.0 Å². The summed E-state index contributed by atoms with van der Waals surface area (Å²) in [6, 6.07) is -2.07. The number of ether oxygens (including phenoxy) is 2. The lowest BCUT2D eigenvalue weighted by Gasteiger charge is -2.47. The highest BCUT2D eigenvalue weighted by Gasteiger charge is 2.47. The first kappa shape index (κ1) is 34.9. The predicted molar refractivity (Wildman–Crippen MR) is 124 cm³/mol. The van der Waals surface area contributed by atoms with Gasteiger partial charge in [-0.3, -0.25) is 4.79 Å². The highest BCUT2D eigenvalue weighted by molar-refractivity contribution is 5.86. The van der Waals surface area contributed by atoms with Crippen molar-refractivity contribution >= 4 is 55.5 Å². The summed E-state index contributed by atoms with van der Waals surface area (Å²) < 4.78 is 11.8. The first-order chi connectivity index (χ1) is 12.2. The third kappa shape index (κ3) is 8.02. The summed E-state index contributed by atoms with van der Waals surface area (Å²) in [5.41, 5.74) is 23.5. The van der Waals surface area contributed by atoms with Crippen LogP contribution in [0.3, 0.4) is 0 Å². The van der Waals surface area contributed by atoms with Crippen molar-refractivity contribution in [3.63, 3.8) is 0 Å². The number of likely N-dealkylation sites (N-methyl/N-ethyl adjacent to an activating group) is 1. The molecule has 2 aliphatic rings. The summed E-state index contributed by atoms with van der Waals surface area (Å²) >= 11 is 0. The molecule has 9 atom stereocenters. The fraction of sp³-hybridized carbons (Fsp3) is 0.938. The smallest absolute Gasteiger partial charge is 0.236 e. The maximum Gasteiger partial charge on any atom is 0.236 e. The third-order valence-electron chi connectivity index (χ3n) is 5.35. The van der Waals surface area contributed by atoms with Gasteiger partial charge >= 0.3 is 0 Å². The Morgan fingerprint density at radius 3 is 2.23 bits per heavy atom. The molecular weight excluding hydrogens is 484 g/mol. The number of carbonyl (C=O) groups excluding carboxylic acids is 1. The van der Waals surface area contributed by atoms with Gasteiger partial charge in [0.1, 0.15) is 12.2 Å². The molecule has 9 unspecified atom stereocenters. The quantitative estimate of drug-likeness (QED) is 0.250. The van der Waals surface area contributed by atoms with Gasteiger partial charge in [0.05, 0.1) is 30.8 Å². The molecule has 0 aromatic rings. The van der Waals surface area contributed by atoms with Crippen molar-refractivity contribution in [2.24, 2.45) is 22.9 Å². The minimum atomic E-state index is -1.21. The fourth-order valence-electron chi connectivity index (χ4n) is 3.72. The van der Waals surface area contributed by atoms with E-state index in [0.717, 1.165) is 6.42 Å². The molecule has 0 bridgehead atoms. The van der Waals surface area contributed by atoms with Gasteiger partial charge in [0.15, 0.2) is 6.29 Å². The van der Waals surface area contributed by atoms with Gasteiger partial charge in [0.25, 0.3) is 0 Å². The van der Waals surface area contributed by atoms with E-state index < -0.39 is 42.6 Å². The van der Waals surface area contributed by atoms with Crippen molar-refractivity contribution < 1.29 is 24.5 Å². The van der Waals surface area contributed by atoms with Crippen LogP contribution < -0.4 is 22.9 Å². The molecule has 1 amide bonds. The summed E-state index contributed by atoms with van der Waals surface area (Å²) in [5, 5.41) is 21.1. The molecule has 10 nitrogen and oxygen atoms in total. The Bertz CT molecular complexity index is 499. The zero-order chi connectivity index (χ0) is 19.6. The average Bonchev–Trinajstić information content (AvgIpc) is 2.58. The zero-order valence-corrected chi connectivity index (χ0v) is 20.3. The molecule has 1 aliphatic heterocycles. The lowest BCUT2D eigenvalue weighted by atomic mass is 9.83. The van der Waals surface area contributed by atoms with E-state index in [2.05, 4.69) is 0 Å². The molecule has 2 rings (SSSR count). The molecule has 0 radical (unpaired) electrons. The topological polar surface area (TPSA) is 183 Å². The molecule has 2 fully saturated rings. The van der Waals surface area contributed by atoms with Crippen LogP contribution in [0.15, 0.2) is 0 Å². The van der Waals surface area contributed by atoms with Crippen LogP contribution in [0.2, 0.25) is 0 Å². The molecule has 30 heavy (non-hydrogen) atoms. The first-order valence-electron chi connectivity index (χ1n) is 9.06. The predicted octanol–water partition coefficient (Wildman–Crippen LogP) is -1.52. The molecule has 0 aromatic carbocycles. The molecule has 0 aromatic heterocycles. The number of aliphatic hydroxyl groups is 2. The fourth-order valence-corrected chi connectivity index (χ4v) is 3.72. The molecule has 14 heteroatoms. The largest absolute Gasteiger partial charge is 0.391 e. The SMILES string of the molecule is CC(N)C1CCC(N)C(OC2C(N)CC(O)C(N(C)C(=O)CN)C2O)O1.Cl.Cl.Cl.Cl. The molecule has 1 saturated carbocycles. The van der Waals surface area contributed by atoms with Crippen molar-refractivity contribution in [2.75, 3.05) is 13.6 Å². The van der Waals surface area contributed by atoms with E-state index in [1.165, 1.54) is 11.9 Å². The summed E-state index contributed by atoms with van der Waals surface area (Å²) in [7, 11) is 1.48. The van der Waals surface area contributed by atoms with Gasteiger partial charge in [-0.25, -0.2) is 0 Å². The minimum absolute atomic E-state index is 0. The third-order valence-corrected chi connectivity index (χ3v) is 5.35. The molecule has 1 heterocycles. The maximum absolute atomic E-state index is 11.9. The number of hydrogen-bond donors (Lipinski definition) is 6. The summed E-state index contributed by atoms with van der Waals surface area (Å²) in [6.45, 7) is 1.62. The van der Waals surface area contributed by atoms with Gasteiger partial charge in [-0.05, 0) is 26.2 Å². The number of nitrogens with two attached hydrogens (primary N) is 4. The second kappa shape index (κ2) is 15.2. The number of hydrogen-bond acceptors (Lipinski definition) is 9. The monoisotopic (exact) mass is 519 g/mol. The highest BCUT2D eigenvalue weighted by Crippen LogP contribution is 2.29. The van der Waals surface area contributed by atoms with Gasteiger partial charge in [0, 0.05) is 19.1 Å². The highest BCUT2D eigenvalue weighted by atomic mass is 35.5. The Labute approximate surface area is 202 Å². The van der Waals surface area contributed by atoms with E-state index in [0.29, 0.717) is 6.42 Å². The molecular formula is C16H37Cl4N5O5. The normalized spacial score (nSPS) is 36.7. The van der Waals surface area contributed by atoms with Crippen molar-refractivity contribution in [3.8, 4) is 0 Å². The lowest BCUT2D eigenvalue weighted by molar-refractivity contribution is -0.256. The van der Waals surface area contributed by atoms with E-state index in [1.54, 1.807) is 0 Å².